The van der Waals surface area contributed by atoms with E-state index in [2.05, 4.69) is 22.0 Å². The van der Waals surface area contributed by atoms with Crippen molar-refractivity contribution in [2.45, 2.75) is 63.3 Å². The lowest BCUT2D eigenvalue weighted by atomic mass is 9.83. The van der Waals surface area contributed by atoms with Gasteiger partial charge in [-0.15, -0.1) is 0 Å². The van der Waals surface area contributed by atoms with E-state index in [0.717, 1.165) is 31.9 Å². The molecule has 2 aliphatic rings. The number of likely N-dealkylation sites (tertiary alicyclic amines) is 1. The highest BCUT2D eigenvalue weighted by molar-refractivity contribution is 5.09. The van der Waals surface area contributed by atoms with Gasteiger partial charge in [0.15, 0.2) is 5.82 Å². The third-order valence-electron chi connectivity index (χ3n) is 5.12. The molecule has 2 heterocycles. The normalized spacial score (nSPS) is 24.3. The molecule has 0 amide bonds. The Bertz CT molecular complexity index is 433. The van der Waals surface area contributed by atoms with Gasteiger partial charge in [-0.1, -0.05) is 24.9 Å². The van der Waals surface area contributed by atoms with Crippen LogP contribution < -0.4 is 5.73 Å². The highest BCUT2D eigenvalue weighted by atomic mass is 16.5. The van der Waals surface area contributed by atoms with Crippen LogP contribution in [-0.4, -0.2) is 34.7 Å². The molecule has 1 aromatic rings. The molecule has 2 fully saturated rings. The van der Waals surface area contributed by atoms with Crippen LogP contribution in [0.3, 0.4) is 0 Å². The van der Waals surface area contributed by atoms with Crippen molar-refractivity contribution in [1.82, 2.24) is 15.0 Å². The van der Waals surface area contributed by atoms with Crippen LogP contribution in [0.5, 0.6) is 0 Å². The number of nitrogens with two attached hydrogens (primary N) is 1. The van der Waals surface area contributed by atoms with E-state index >= 15 is 0 Å². The number of nitrogens with zero attached hydrogens (tertiary/aromatic N) is 3. The smallest absolute Gasteiger partial charge is 0.232 e. The molecule has 0 radical (unpaired) electrons. The zero-order valence-electron chi connectivity index (χ0n) is 12.5. The van der Waals surface area contributed by atoms with E-state index in [1.165, 1.54) is 38.5 Å². The fraction of sp³-hybridized carbons (Fsp3) is 0.867. The highest BCUT2D eigenvalue weighted by Crippen LogP contribution is 2.42. The van der Waals surface area contributed by atoms with E-state index in [1.807, 2.05) is 0 Å². The molecule has 1 atom stereocenters. The molecule has 2 N–H and O–H groups in total. The maximum Gasteiger partial charge on any atom is 0.232 e. The minimum atomic E-state index is -0.124. The van der Waals surface area contributed by atoms with Crippen molar-refractivity contribution in [2.24, 2.45) is 5.73 Å². The van der Waals surface area contributed by atoms with Crippen LogP contribution in [0.25, 0.3) is 0 Å². The van der Waals surface area contributed by atoms with E-state index in [4.69, 9.17) is 10.3 Å². The van der Waals surface area contributed by atoms with Crippen LogP contribution in [-0.2, 0) is 5.41 Å². The summed E-state index contributed by atoms with van der Waals surface area (Å²) in [6.07, 6.45) is 8.53. The molecule has 0 bridgehead atoms. The van der Waals surface area contributed by atoms with Gasteiger partial charge in [-0.2, -0.15) is 4.98 Å². The Morgan fingerprint density at radius 1 is 1.25 bits per heavy atom. The molecule has 0 spiro atoms. The summed E-state index contributed by atoms with van der Waals surface area (Å²) in [4.78, 5) is 7.04. The Morgan fingerprint density at radius 3 is 2.60 bits per heavy atom. The minimum Gasteiger partial charge on any atom is -0.339 e. The summed E-state index contributed by atoms with van der Waals surface area (Å²) in [5, 5.41) is 4.16. The summed E-state index contributed by atoms with van der Waals surface area (Å²) in [6, 6.07) is -0.124. The monoisotopic (exact) mass is 278 g/mol. The van der Waals surface area contributed by atoms with Gasteiger partial charge >= 0.3 is 0 Å². The van der Waals surface area contributed by atoms with Gasteiger partial charge in [0, 0.05) is 12.0 Å². The molecule has 1 aromatic heterocycles. The van der Waals surface area contributed by atoms with Gasteiger partial charge in [0.2, 0.25) is 5.89 Å². The van der Waals surface area contributed by atoms with Gasteiger partial charge in [-0.05, 0) is 45.2 Å². The van der Waals surface area contributed by atoms with Crippen LogP contribution >= 0.6 is 0 Å². The van der Waals surface area contributed by atoms with Gasteiger partial charge in [0.25, 0.3) is 0 Å². The molecular weight excluding hydrogens is 252 g/mol. The molecule has 1 saturated heterocycles. The molecular formula is C15H26N4O. The van der Waals surface area contributed by atoms with Crippen LogP contribution in [0.1, 0.15) is 69.6 Å². The average Bonchev–Trinajstić information content (AvgIpc) is 3.20. The van der Waals surface area contributed by atoms with Crippen molar-refractivity contribution in [3.63, 3.8) is 0 Å². The lowest BCUT2D eigenvalue weighted by Gasteiger charge is -2.22. The van der Waals surface area contributed by atoms with Crippen molar-refractivity contribution in [1.29, 1.82) is 0 Å². The number of rotatable bonds is 5. The first-order valence-corrected chi connectivity index (χ1v) is 8.05. The predicted octanol–water partition coefficient (Wildman–Crippen LogP) is 2.39. The zero-order chi connectivity index (χ0) is 14.0. The van der Waals surface area contributed by atoms with Crippen molar-refractivity contribution < 1.29 is 4.52 Å². The molecule has 1 aliphatic heterocycles. The Labute approximate surface area is 120 Å². The van der Waals surface area contributed by atoms with Crippen LogP contribution in [0.2, 0.25) is 0 Å². The van der Waals surface area contributed by atoms with E-state index in [-0.39, 0.29) is 11.5 Å². The predicted molar refractivity (Wildman–Crippen MR) is 77.3 cm³/mol. The SMILES string of the molecule is CCC1(c2nc(C(N)CN3CCCC3)no2)CCCC1. The number of aromatic nitrogens is 2. The Hall–Kier alpha value is -0.940. The van der Waals surface area contributed by atoms with Crippen molar-refractivity contribution in [3.8, 4) is 0 Å². The maximum absolute atomic E-state index is 6.24. The fourth-order valence-electron chi connectivity index (χ4n) is 3.70. The third-order valence-corrected chi connectivity index (χ3v) is 5.12. The quantitative estimate of drug-likeness (QED) is 0.895. The van der Waals surface area contributed by atoms with Crippen LogP contribution in [0.4, 0.5) is 0 Å². The van der Waals surface area contributed by atoms with Crippen LogP contribution in [0.15, 0.2) is 4.52 Å². The Kier molecular flexibility index (Phi) is 4.08. The van der Waals surface area contributed by atoms with E-state index < -0.39 is 0 Å². The van der Waals surface area contributed by atoms with Gasteiger partial charge in [0.1, 0.15) is 0 Å². The number of hydrogen-bond donors (Lipinski definition) is 1. The standard InChI is InChI=1S/C15H26N4O/c1-2-15(7-3-4-8-15)14-17-13(18-20-14)12(16)11-19-9-5-6-10-19/h12H,2-11,16H2,1H3. The van der Waals surface area contributed by atoms with Gasteiger partial charge in [-0.25, -0.2) is 0 Å². The second-order valence-electron chi connectivity index (χ2n) is 6.41. The summed E-state index contributed by atoms with van der Waals surface area (Å²) in [7, 11) is 0. The summed E-state index contributed by atoms with van der Waals surface area (Å²) in [5.74, 6) is 1.51. The first-order chi connectivity index (χ1) is 9.73. The zero-order valence-corrected chi connectivity index (χ0v) is 12.5. The third kappa shape index (κ3) is 2.61. The molecule has 112 valence electrons. The van der Waals surface area contributed by atoms with Crippen molar-refractivity contribution in [3.05, 3.63) is 11.7 Å². The van der Waals surface area contributed by atoms with Gasteiger partial charge in [-0.3, -0.25) is 0 Å². The van der Waals surface area contributed by atoms with E-state index in [0.29, 0.717) is 5.82 Å². The largest absolute Gasteiger partial charge is 0.339 e. The van der Waals surface area contributed by atoms with Crippen molar-refractivity contribution in [2.75, 3.05) is 19.6 Å². The first-order valence-electron chi connectivity index (χ1n) is 8.05. The highest BCUT2D eigenvalue weighted by Gasteiger charge is 2.39. The van der Waals surface area contributed by atoms with Gasteiger partial charge in [0.05, 0.1) is 6.04 Å². The summed E-state index contributed by atoms with van der Waals surface area (Å²) >= 11 is 0. The lowest BCUT2D eigenvalue weighted by Crippen LogP contribution is -2.30. The fourth-order valence-corrected chi connectivity index (χ4v) is 3.70. The summed E-state index contributed by atoms with van der Waals surface area (Å²) < 4.78 is 5.57. The molecule has 0 aromatic carbocycles. The molecule has 1 saturated carbocycles. The number of hydrogen-bond acceptors (Lipinski definition) is 5. The Morgan fingerprint density at radius 2 is 1.95 bits per heavy atom. The summed E-state index contributed by atoms with van der Waals surface area (Å²) in [5.41, 5.74) is 6.37. The maximum atomic E-state index is 6.24. The van der Waals surface area contributed by atoms with E-state index in [1.54, 1.807) is 0 Å². The molecule has 3 rings (SSSR count). The molecule has 1 unspecified atom stereocenters. The molecule has 20 heavy (non-hydrogen) atoms. The summed E-state index contributed by atoms with van der Waals surface area (Å²) in [6.45, 7) is 5.37. The molecule has 5 heteroatoms. The molecule has 5 nitrogen and oxygen atoms in total. The van der Waals surface area contributed by atoms with Crippen molar-refractivity contribution >= 4 is 0 Å². The minimum absolute atomic E-state index is 0.124. The second kappa shape index (κ2) is 5.82. The van der Waals surface area contributed by atoms with E-state index in [9.17, 15) is 0 Å². The lowest BCUT2D eigenvalue weighted by molar-refractivity contribution is 0.268. The topological polar surface area (TPSA) is 68.2 Å². The van der Waals surface area contributed by atoms with Gasteiger partial charge < -0.3 is 15.2 Å². The molecule has 1 aliphatic carbocycles. The first kappa shape index (κ1) is 14.0. The average molecular weight is 278 g/mol. The van der Waals surface area contributed by atoms with Crippen LogP contribution in [0, 0.1) is 0 Å². The second-order valence-corrected chi connectivity index (χ2v) is 6.41. The Balaban J connectivity index is 1.69.